The van der Waals surface area contributed by atoms with Crippen molar-refractivity contribution in [3.05, 3.63) is 31.3 Å². The molecule has 1 unspecified atom stereocenters. The van der Waals surface area contributed by atoms with Crippen LogP contribution in [0.25, 0.3) is 10.2 Å². The number of hydrogen-bond acceptors (Lipinski definition) is 4. The zero-order valence-corrected chi connectivity index (χ0v) is 12.3. The maximum absolute atomic E-state index is 12.5. The fourth-order valence-electron chi connectivity index (χ4n) is 2.89. The number of aryl methyl sites for hydroxylation is 1. The molecule has 2 aromatic heterocycles. The molecule has 0 aromatic carbocycles. The molecule has 0 saturated heterocycles. The van der Waals surface area contributed by atoms with Crippen molar-refractivity contribution in [1.82, 2.24) is 9.55 Å². The third-order valence-corrected chi connectivity index (χ3v) is 5.15. The lowest BCUT2D eigenvalue weighted by Gasteiger charge is -2.17. The summed E-state index contributed by atoms with van der Waals surface area (Å²) in [4.78, 5) is 29.3. The SMILES string of the molecule is CC1CCc2c(sc3[nH]c(=O)n(CCCO)c(=O)c23)C1. The van der Waals surface area contributed by atoms with Crippen molar-refractivity contribution in [2.24, 2.45) is 5.92 Å². The molecule has 1 aliphatic rings. The number of hydrogen-bond donors (Lipinski definition) is 2. The van der Waals surface area contributed by atoms with E-state index in [1.807, 2.05) is 0 Å². The third kappa shape index (κ3) is 2.13. The van der Waals surface area contributed by atoms with E-state index in [2.05, 4.69) is 11.9 Å². The summed E-state index contributed by atoms with van der Waals surface area (Å²) in [6.45, 7) is 2.46. The average molecular weight is 294 g/mol. The highest BCUT2D eigenvalue weighted by atomic mass is 32.1. The number of thiophene rings is 1. The lowest BCUT2D eigenvalue weighted by Crippen LogP contribution is -2.35. The molecule has 0 radical (unpaired) electrons. The van der Waals surface area contributed by atoms with Crippen molar-refractivity contribution in [3.8, 4) is 0 Å². The first-order valence-corrected chi connectivity index (χ1v) is 7.81. The first kappa shape index (κ1) is 13.6. The van der Waals surface area contributed by atoms with Crippen LogP contribution >= 0.6 is 11.3 Å². The van der Waals surface area contributed by atoms with Crippen LogP contribution in [0.4, 0.5) is 0 Å². The molecule has 1 atom stereocenters. The topological polar surface area (TPSA) is 75.1 Å². The molecule has 5 nitrogen and oxygen atoms in total. The molecule has 0 fully saturated rings. The monoisotopic (exact) mass is 294 g/mol. The fourth-order valence-corrected chi connectivity index (χ4v) is 4.28. The molecule has 0 amide bonds. The van der Waals surface area contributed by atoms with Crippen LogP contribution in [-0.2, 0) is 19.4 Å². The second-order valence-corrected chi connectivity index (χ2v) is 6.63. The second kappa shape index (κ2) is 5.18. The molecule has 1 aliphatic carbocycles. The van der Waals surface area contributed by atoms with Crippen LogP contribution in [0.2, 0.25) is 0 Å². The van der Waals surface area contributed by atoms with Gasteiger partial charge in [-0.15, -0.1) is 11.3 Å². The highest BCUT2D eigenvalue weighted by Crippen LogP contribution is 2.35. The van der Waals surface area contributed by atoms with Gasteiger partial charge in [0.25, 0.3) is 5.56 Å². The first-order chi connectivity index (χ1) is 9.61. The number of rotatable bonds is 3. The number of aromatic amines is 1. The normalized spacial score (nSPS) is 18.4. The quantitative estimate of drug-likeness (QED) is 0.895. The van der Waals surface area contributed by atoms with Gasteiger partial charge in [-0.2, -0.15) is 0 Å². The van der Waals surface area contributed by atoms with E-state index < -0.39 is 0 Å². The van der Waals surface area contributed by atoms with E-state index in [-0.39, 0.29) is 24.4 Å². The number of nitrogens with one attached hydrogen (secondary N) is 1. The summed E-state index contributed by atoms with van der Waals surface area (Å²) in [5, 5.41) is 9.57. The van der Waals surface area contributed by atoms with Crippen molar-refractivity contribution in [2.75, 3.05) is 6.61 Å². The number of aliphatic hydroxyl groups excluding tert-OH is 1. The van der Waals surface area contributed by atoms with E-state index in [1.165, 1.54) is 9.44 Å². The minimum Gasteiger partial charge on any atom is -0.396 e. The Morgan fingerprint density at radius 1 is 1.45 bits per heavy atom. The Morgan fingerprint density at radius 3 is 3.00 bits per heavy atom. The summed E-state index contributed by atoms with van der Waals surface area (Å²) < 4.78 is 1.21. The molecule has 0 spiro atoms. The summed E-state index contributed by atoms with van der Waals surface area (Å²) in [7, 11) is 0. The molecule has 6 heteroatoms. The minimum absolute atomic E-state index is 0.0246. The van der Waals surface area contributed by atoms with Gasteiger partial charge in [-0.25, -0.2) is 4.79 Å². The summed E-state index contributed by atoms with van der Waals surface area (Å²) in [6, 6.07) is 0. The van der Waals surface area contributed by atoms with Crippen LogP contribution in [0.5, 0.6) is 0 Å². The van der Waals surface area contributed by atoms with Gasteiger partial charge in [0, 0.05) is 18.0 Å². The van der Waals surface area contributed by atoms with Crippen molar-refractivity contribution < 1.29 is 5.11 Å². The van der Waals surface area contributed by atoms with Crippen LogP contribution in [0, 0.1) is 5.92 Å². The van der Waals surface area contributed by atoms with Crippen molar-refractivity contribution >= 4 is 21.6 Å². The predicted octanol–water partition coefficient (Wildman–Crippen LogP) is 1.26. The zero-order valence-electron chi connectivity index (χ0n) is 11.4. The fraction of sp³-hybridized carbons (Fsp3) is 0.571. The summed E-state index contributed by atoms with van der Waals surface area (Å²) in [6.07, 6.45) is 3.41. The molecule has 2 aromatic rings. The number of aliphatic hydroxyl groups is 1. The van der Waals surface area contributed by atoms with E-state index >= 15 is 0 Å². The van der Waals surface area contributed by atoms with E-state index in [0.717, 1.165) is 24.8 Å². The highest BCUT2D eigenvalue weighted by Gasteiger charge is 2.23. The molecule has 108 valence electrons. The maximum Gasteiger partial charge on any atom is 0.329 e. The van der Waals surface area contributed by atoms with Crippen LogP contribution in [0.1, 0.15) is 30.2 Å². The van der Waals surface area contributed by atoms with Gasteiger partial charge in [0.15, 0.2) is 0 Å². The Morgan fingerprint density at radius 2 is 2.25 bits per heavy atom. The van der Waals surface area contributed by atoms with Crippen LogP contribution < -0.4 is 11.2 Å². The van der Waals surface area contributed by atoms with Gasteiger partial charge in [-0.3, -0.25) is 14.3 Å². The van der Waals surface area contributed by atoms with E-state index in [1.54, 1.807) is 11.3 Å². The summed E-state index contributed by atoms with van der Waals surface area (Å²) >= 11 is 1.55. The molecular weight excluding hydrogens is 276 g/mol. The Balaban J connectivity index is 2.21. The lowest BCUT2D eigenvalue weighted by molar-refractivity contribution is 0.278. The van der Waals surface area contributed by atoms with Crippen LogP contribution in [0.3, 0.4) is 0 Å². The molecule has 2 N–H and O–H groups in total. The van der Waals surface area contributed by atoms with E-state index in [9.17, 15) is 9.59 Å². The van der Waals surface area contributed by atoms with Crippen molar-refractivity contribution in [1.29, 1.82) is 0 Å². The Kier molecular flexibility index (Phi) is 3.52. The Bertz CT molecular complexity index is 756. The van der Waals surface area contributed by atoms with E-state index in [4.69, 9.17) is 5.11 Å². The molecule has 2 heterocycles. The average Bonchev–Trinajstić information content (AvgIpc) is 2.75. The lowest BCUT2D eigenvalue weighted by atomic mass is 9.89. The molecular formula is C14H18N2O3S. The second-order valence-electron chi connectivity index (χ2n) is 5.52. The smallest absolute Gasteiger partial charge is 0.329 e. The number of nitrogens with zero attached hydrogens (tertiary/aromatic N) is 1. The number of aromatic nitrogens is 2. The van der Waals surface area contributed by atoms with Gasteiger partial charge in [0.1, 0.15) is 4.83 Å². The molecule has 0 aliphatic heterocycles. The maximum atomic E-state index is 12.5. The molecule has 3 rings (SSSR count). The van der Waals surface area contributed by atoms with Gasteiger partial charge in [-0.1, -0.05) is 6.92 Å². The van der Waals surface area contributed by atoms with Gasteiger partial charge >= 0.3 is 5.69 Å². The van der Waals surface area contributed by atoms with Gasteiger partial charge in [0.05, 0.1) is 5.39 Å². The number of H-pyrrole nitrogens is 1. The Labute approximate surface area is 119 Å². The highest BCUT2D eigenvalue weighted by molar-refractivity contribution is 7.18. The zero-order chi connectivity index (χ0) is 14.3. The molecule has 20 heavy (non-hydrogen) atoms. The largest absolute Gasteiger partial charge is 0.396 e. The minimum atomic E-state index is -0.373. The Hall–Kier alpha value is -1.40. The first-order valence-electron chi connectivity index (χ1n) is 7.00. The van der Waals surface area contributed by atoms with Gasteiger partial charge in [0.2, 0.25) is 0 Å². The summed E-state index contributed by atoms with van der Waals surface area (Å²) in [5.41, 5.74) is 0.550. The van der Waals surface area contributed by atoms with Crippen molar-refractivity contribution in [2.45, 2.75) is 39.2 Å². The summed E-state index contributed by atoms with van der Waals surface area (Å²) in [5.74, 6) is 0.638. The third-order valence-electron chi connectivity index (χ3n) is 3.98. The molecule has 0 saturated carbocycles. The van der Waals surface area contributed by atoms with Crippen molar-refractivity contribution in [3.63, 3.8) is 0 Å². The standard InChI is InChI=1S/C14H18N2O3S/c1-8-3-4-9-10(7-8)20-12-11(9)13(18)16(5-2-6-17)14(19)15-12/h8,17H,2-7H2,1H3,(H,15,19). The predicted molar refractivity (Wildman–Crippen MR) is 79.6 cm³/mol. The van der Waals surface area contributed by atoms with Gasteiger partial charge in [-0.05, 0) is 37.2 Å². The van der Waals surface area contributed by atoms with Crippen LogP contribution in [-0.4, -0.2) is 21.3 Å². The van der Waals surface area contributed by atoms with Crippen LogP contribution in [0.15, 0.2) is 9.59 Å². The number of fused-ring (bicyclic) bond motifs is 3. The van der Waals surface area contributed by atoms with E-state index in [0.29, 0.717) is 22.6 Å². The van der Waals surface area contributed by atoms with Gasteiger partial charge < -0.3 is 5.11 Å². The molecule has 0 bridgehead atoms.